The number of para-hydroxylation sites is 1. The van der Waals surface area contributed by atoms with Gasteiger partial charge >= 0.3 is 0 Å². The monoisotopic (exact) mass is 342 g/mol. The van der Waals surface area contributed by atoms with Gasteiger partial charge in [-0.05, 0) is 29.8 Å². The highest BCUT2D eigenvalue weighted by molar-refractivity contribution is 5.70. The van der Waals surface area contributed by atoms with Crippen molar-refractivity contribution in [3.8, 4) is 23.0 Å². The Labute approximate surface area is 147 Å². The average Bonchev–Trinajstić information content (AvgIpc) is 3.20. The van der Waals surface area contributed by atoms with Crippen molar-refractivity contribution in [3.63, 3.8) is 0 Å². The van der Waals surface area contributed by atoms with Gasteiger partial charge in [0.15, 0.2) is 11.5 Å². The zero-order valence-corrected chi connectivity index (χ0v) is 14.6. The third-order valence-corrected chi connectivity index (χ3v) is 3.92. The van der Waals surface area contributed by atoms with Crippen LogP contribution < -0.4 is 29.6 Å². The SMILES string of the molecule is COc1cc(COc2ccccc2C2=CNCN2)cc(OC)c1OC. The van der Waals surface area contributed by atoms with Crippen LogP contribution in [-0.4, -0.2) is 28.0 Å². The molecule has 1 aliphatic rings. The number of rotatable bonds is 7. The lowest BCUT2D eigenvalue weighted by Crippen LogP contribution is -2.14. The van der Waals surface area contributed by atoms with Crippen molar-refractivity contribution >= 4 is 5.70 Å². The van der Waals surface area contributed by atoms with Gasteiger partial charge in [-0.3, -0.25) is 0 Å². The maximum absolute atomic E-state index is 6.05. The summed E-state index contributed by atoms with van der Waals surface area (Å²) in [6, 6.07) is 11.7. The molecule has 0 spiro atoms. The van der Waals surface area contributed by atoms with Crippen LogP contribution in [0.15, 0.2) is 42.6 Å². The van der Waals surface area contributed by atoms with E-state index in [1.54, 1.807) is 21.3 Å². The van der Waals surface area contributed by atoms with E-state index in [4.69, 9.17) is 18.9 Å². The first kappa shape index (κ1) is 16.8. The van der Waals surface area contributed by atoms with E-state index in [0.29, 0.717) is 23.9 Å². The van der Waals surface area contributed by atoms with Gasteiger partial charge in [-0.1, -0.05) is 12.1 Å². The molecule has 0 aromatic heterocycles. The highest BCUT2D eigenvalue weighted by Crippen LogP contribution is 2.38. The van der Waals surface area contributed by atoms with Gasteiger partial charge in [0, 0.05) is 11.8 Å². The van der Waals surface area contributed by atoms with Crippen molar-refractivity contribution in [3.05, 3.63) is 53.7 Å². The molecular weight excluding hydrogens is 320 g/mol. The largest absolute Gasteiger partial charge is 0.493 e. The fourth-order valence-electron chi connectivity index (χ4n) is 2.72. The second-order valence-electron chi connectivity index (χ2n) is 5.43. The van der Waals surface area contributed by atoms with Crippen LogP contribution >= 0.6 is 0 Å². The molecule has 132 valence electrons. The first-order valence-corrected chi connectivity index (χ1v) is 7.95. The van der Waals surface area contributed by atoms with Crippen LogP contribution in [0.5, 0.6) is 23.0 Å². The fraction of sp³-hybridized carbons (Fsp3) is 0.263. The van der Waals surface area contributed by atoms with Crippen LogP contribution in [0.25, 0.3) is 5.70 Å². The summed E-state index contributed by atoms with van der Waals surface area (Å²) in [5.41, 5.74) is 2.95. The zero-order valence-electron chi connectivity index (χ0n) is 14.6. The summed E-state index contributed by atoms with van der Waals surface area (Å²) in [7, 11) is 4.79. The van der Waals surface area contributed by atoms with Gasteiger partial charge < -0.3 is 29.6 Å². The molecule has 1 aliphatic heterocycles. The maximum Gasteiger partial charge on any atom is 0.203 e. The molecule has 0 atom stereocenters. The van der Waals surface area contributed by atoms with E-state index in [2.05, 4.69) is 10.6 Å². The predicted octanol–water partition coefficient (Wildman–Crippen LogP) is 2.74. The third kappa shape index (κ3) is 3.57. The van der Waals surface area contributed by atoms with Crippen LogP contribution in [0.3, 0.4) is 0 Å². The molecule has 0 unspecified atom stereocenters. The highest BCUT2D eigenvalue weighted by atomic mass is 16.5. The highest BCUT2D eigenvalue weighted by Gasteiger charge is 2.15. The molecule has 0 saturated carbocycles. The molecule has 2 aromatic rings. The van der Waals surface area contributed by atoms with Crippen molar-refractivity contribution in [2.24, 2.45) is 0 Å². The van der Waals surface area contributed by atoms with Crippen molar-refractivity contribution in [2.45, 2.75) is 6.61 Å². The minimum atomic E-state index is 0.383. The molecule has 0 fully saturated rings. The number of benzene rings is 2. The summed E-state index contributed by atoms with van der Waals surface area (Å²) in [6.45, 7) is 1.10. The number of methoxy groups -OCH3 is 3. The van der Waals surface area contributed by atoms with E-state index in [1.807, 2.05) is 42.6 Å². The first-order valence-electron chi connectivity index (χ1n) is 7.95. The minimum absolute atomic E-state index is 0.383. The molecule has 0 saturated heterocycles. The molecule has 2 N–H and O–H groups in total. The summed E-state index contributed by atoms with van der Waals surface area (Å²) in [4.78, 5) is 0. The van der Waals surface area contributed by atoms with E-state index < -0.39 is 0 Å². The zero-order chi connectivity index (χ0) is 17.6. The van der Waals surface area contributed by atoms with Crippen molar-refractivity contribution in [2.75, 3.05) is 28.0 Å². The van der Waals surface area contributed by atoms with E-state index in [1.165, 1.54) is 0 Å². The van der Waals surface area contributed by atoms with Gasteiger partial charge in [0.1, 0.15) is 12.4 Å². The van der Waals surface area contributed by atoms with Gasteiger partial charge in [0.2, 0.25) is 5.75 Å². The molecule has 6 nitrogen and oxygen atoms in total. The first-order chi connectivity index (χ1) is 12.3. The van der Waals surface area contributed by atoms with Crippen LogP contribution in [0.4, 0.5) is 0 Å². The summed E-state index contributed by atoms with van der Waals surface area (Å²) in [6.07, 6.45) is 1.95. The molecule has 6 heteroatoms. The molecule has 0 radical (unpaired) electrons. The molecule has 0 aliphatic carbocycles. The molecule has 1 heterocycles. The lowest BCUT2D eigenvalue weighted by atomic mass is 10.1. The average molecular weight is 342 g/mol. The molecule has 0 bridgehead atoms. The summed E-state index contributed by atoms with van der Waals surface area (Å²) >= 11 is 0. The van der Waals surface area contributed by atoms with Crippen molar-refractivity contribution in [1.29, 1.82) is 0 Å². The van der Waals surface area contributed by atoms with Gasteiger partial charge in [-0.15, -0.1) is 0 Å². The molecule has 25 heavy (non-hydrogen) atoms. The van der Waals surface area contributed by atoms with Crippen molar-refractivity contribution in [1.82, 2.24) is 10.6 Å². The Hall–Kier alpha value is -3.02. The van der Waals surface area contributed by atoms with E-state index in [-0.39, 0.29) is 0 Å². The Kier molecular flexibility index (Phi) is 5.18. The number of hydrogen-bond donors (Lipinski definition) is 2. The maximum atomic E-state index is 6.05. The number of ether oxygens (including phenoxy) is 4. The van der Waals surface area contributed by atoms with Crippen LogP contribution in [-0.2, 0) is 6.61 Å². The van der Waals surface area contributed by atoms with Gasteiger partial charge in [-0.2, -0.15) is 0 Å². The van der Waals surface area contributed by atoms with Gasteiger partial charge in [0.05, 0.1) is 33.7 Å². The summed E-state index contributed by atoms with van der Waals surface area (Å²) in [5, 5.41) is 6.42. The molecular formula is C19H22N2O4. The van der Waals surface area contributed by atoms with Crippen molar-refractivity contribution < 1.29 is 18.9 Å². The predicted molar refractivity (Wildman–Crippen MR) is 96.0 cm³/mol. The Morgan fingerprint density at radius 3 is 2.24 bits per heavy atom. The lowest BCUT2D eigenvalue weighted by molar-refractivity contribution is 0.298. The summed E-state index contributed by atoms with van der Waals surface area (Å²) in [5.74, 6) is 2.59. The van der Waals surface area contributed by atoms with E-state index in [9.17, 15) is 0 Å². The van der Waals surface area contributed by atoms with E-state index in [0.717, 1.165) is 29.2 Å². The standard InChI is InChI=1S/C19H22N2O4/c1-22-17-8-13(9-18(23-2)19(17)24-3)11-25-16-7-5-4-6-14(16)15-10-20-12-21-15/h4-10,20-21H,11-12H2,1-3H3. The molecule has 2 aromatic carbocycles. The lowest BCUT2D eigenvalue weighted by Gasteiger charge is -2.16. The minimum Gasteiger partial charge on any atom is -0.493 e. The fourth-order valence-corrected chi connectivity index (χ4v) is 2.72. The molecule has 0 amide bonds. The van der Waals surface area contributed by atoms with E-state index >= 15 is 0 Å². The van der Waals surface area contributed by atoms with Crippen LogP contribution in [0.1, 0.15) is 11.1 Å². The van der Waals surface area contributed by atoms with Gasteiger partial charge in [0.25, 0.3) is 0 Å². The number of hydrogen-bond acceptors (Lipinski definition) is 6. The Morgan fingerprint density at radius 1 is 0.920 bits per heavy atom. The third-order valence-electron chi connectivity index (χ3n) is 3.92. The van der Waals surface area contributed by atoms with Crippen LogP contribution in [0, 0.1) is 0 Å². The quantitative estimate of drug-likeness (QED) is 0.807. The Morgan fingerprint density at radius 2 is 1.64 bits per heavy atom. The second-order valence-corrected chi connectivity index (χ2v) is 5.43. The normalized spacial score (nSPS) is 12.7. The van der Waals surface area contributed by atoms with Gasteiger partial charge in [-0.25, -0.2) is 0 Å². The smallest absolute Gasteiger partial charge is 0.203 e. The number of nitrogens with one attached hydrogen (secondary N) is 2. The topological polar surface area (TPSA) is 61.0 Å². The van der Waals surface area contributed by atoms with Crippen LogP contribution in [0.2, 0.25) is 0 Å². The Balaban J connectivity index is 1.83. The second kappa shape index (κ2) is 7.70. The summed E-state index contributed by atoms with van der Waals surface area (Å²) < 4.78 is 22.2. The Bertz CT molecular complexity index is 749. The molecule has 3 rings (SSSR count).